The molecule has 1 aliphatic rings. The van der Waals surface area contributed by atoms with Gasteiger partial charge in [0.25, 0.3) is 0 Å². The number of nitrogens with zero attached hydrogens (tertiary/aromatic N) is 4. The van der Waals surface area contributed by atoms with Gasteiger partial charge < -0.3 is 15.7 Å². The minimum atomic E-state index is -0.961. The molecule has 2 aromatic rings. The van der Waals surface area contributed by atoms with Gasteiger partial charge in [0.1, 0.15) is 6.17 Å². The van der Waals surface area contributed by atoms with Crippen molar-refractivity contribution in [2.75, 3.05) is 18.4 Å². The lowest BCUT2D eigenvalue weighted by molar-refractivity contribution is 0.0577. The normalized spacial score (nSPS) is 21.3. The Labute approximate surface area is 146 Å². The smallest absolute Gasteiger partial charge is 0.223 e. The third kappa shape index (κ3) is 4.52. The van der Waals surface area contributed by atoms with Gasteiger partial charge in [0.2, 0.25) is 5.95 Å². The molecule has 0 bridgehead atoms. The highest BCUT2D eigenvalue weighted by atomic mass is 19.1. The molecule has 1 fully saturated rings. The third-order valence-corrected chi connectivity index (χ3v) is 4.15. The number of anilines is 1. The topological polar surface area (TPSA) is 87.9 Å². The fourth-order valence-electron chi connectivity index (χ4n) is 2.92. The first-order valence-electron chi connectivity index (χ1n) is 8.52. The highest BCUT2D eigenvalue weighted by Gasteiger charge is 2.25. The molecular formula is C17H25FN6O. The summed E-state index contributed by atoms with van der Waals surface area (Å²) in [6, 6.07) is -0.283. The van der Waals surface area contributed by atoms with Gasteiger partial charge >= 0.3 is 0 Å². The van der Waals surface area contributed by atoms with E-state index in [2.05, 4.69) is 25.7 Å². The highest BCUT2D eigenvalue weighted by molar-refractivity contribution is 5.62. The van der Waals surface area contributed by atoms with E-state index in [1.165, 1.54) is 0 Å². The molecule has 2 atom stereocenters. The van der Waals surface area contributed by atoms with Crippen LogP contribution in [-0.2, 0) is 6.54 Å². The highest BCUT2D eigenvalue weighted by Crippen LogP contribution is 2.23. The van der Waals surface area contributed by atoms with Gasteiger partial charge in [0.05, 0.1) is 30.1 Å². The summed E-state index contributed by atoms with van der Waals surface area (Å²) in [4.78, 5) is 8.84. The van der Waals surface area contributed by atoms with Gasteiger partial charge in [0, 0.05) is 24.5 Å². The Bertz CT molecular complexity index is 726. The van der Waals surface area contributed by atoms with Crippen molar-refractivity contribution in [1.29, 1.82) is 0 Å². The van der Waals surface area contributed by atoms with Crippen LogP contribution in [0.4, 0.5) is 10.3 Å². The molecule has 2 aromatic heterocycles. The minimum Gasteiger partial charge on any atom is -0.389 e. The van der Waals surface area contributed by atoms with E-state index in [9.17, 15) is 9.50 Å². The van der Waals surface area contributed by atoms with Crippen LogP contribution in [0.25, 0.3) is 11.3 Å². The van der Waals surface area contributed by atoms with Crippen molar-refractivity contribution in [2.45, 2.75) is 51.6 Å². The Kier molecular flexibility index (Phi) is 5.01. The maximum Gasteiger partial charge on any atom is 0.223 e. The molecule has 3 rings (SSSR count). The molecule has 0 aliphatic carbocycles. The summed E-state index contributed by atoms with van der Waals surface area (Å²) in [5.74, 6) is 0.422. The quantitative estimate of drug-likeness (QED) is 0.760. The van der Waals surface area contributed by atoms with E-state index < -0.39 is 11.8 Å². The predicted molar refractivity (Wildman–Crippen MR) is 94.1 cm³/mol. The van der Waals surface area contributed by atoms with E-state index in [0.29, 0.717) is 25.5 Å². The second kappa shape index (κ2) is 7.05. The molecular weight excluding hydrogens is 323 g/mol. The first kappa shape index (κ1) is 17.8. The molecule has 0 saturated carbocycles. The molecule has 0 aromatic carbocycles. The Hall–Kier alpha value is -2.06. The van der Waals surface area contributed by atoms with Crippen molar-refractivity contribution < 1.29 is 9.50 Å². The van der Waals surface area contributed by atoms with Gasteiger partial charge in [-0.3, -0.25) is 4.68 Å². The fourth-order valence-corrected chi connectivity index (χ4v) is 2.92. The van der Waals surface area contributed by atoms with Crippen LogP contribution in [0, 0.1) is 6.92 Å². The van der Waals surface area contributed by atoms with Crippen molar-refractivity contribution in [3.8, 4) is 11.3 Å². The molecule has 7 nitrogen and oxygen atoms in total. The minimum absolute atomic E-state index is 0.283. The number of hydrogen-bond acceptors (Lipinski definition) is 6. The maximum atomic E-state index is 14.0. The molecule has 25 heavy (non-hydrogen) atoms. The van der Waals surface area contributed by atoms with E-state index in [0.717, 1.165) is 23.4 Å². The Balaban J connectivity index is 1.80. The lowest BCUT2D eigenvalue weighted by Gasteiger charge is -2.27. The number of hydrogen-bond donors (Lipinski definition) is 3. The lowest BCUT2D eigenvalue weighted by Crippen LogP contribution is -2.45. The van der Waals surface area contributed by atoms with Crippen LogP contribution >= 0.6 is 0 Å². The summed E-state index contributed by atoms with van der Waals surface area (Å²) in [6.07, 6.45) is 5.02. The Morgan fingerprint density at radius 2 is 2.24 bits per heavy atom. The van der Waals surface area contributed by atoms with E-state index in [-0.39, 0.29) is 6.04 Å². The largest absolute Gasteiger partial charge is 0.389 e. The molecule has 1 saturated heterocycles. The zero-order chi connectivity index (χ0) is 18.0. The zero-order valence-electron chi connectivity index (χ0n) is 14.8. The van der Waals surface area contributed by atoms with Gasteiger partial charge in [0.15, 0.2) is 0 Å². The summed E-state index contributed by atoms with van der Waals surface area (Å²) in [5.41, 5.74) is 1.66. The number of aromatic nitrogens is 4. The van der Waals surface area contributed by atoms with Crippen LogP contribution < -0.4 is 10.6 Å². The molecule has 136 valence electrons. The molecule has 3 heterocycles. The molecule has 0 amide bonds. The van der Waals surface area contributed by atoms with Crippen LogP contribution in [0.1, 0.15) is 25.8 Å². The van der Waals surface area contributed by atoms with Crippen LogP contribution in [0.15, 0.2) is 18.6 Å². The second-order valence-electron chi connectivity index (χ2n) is 7.22. The summed E-state index contributed by atoms with van der Waals surface area (Å²) in [6.45, 7) is 6.91. The average molecular weight is 348 g/mol. The Morgan fingerprint density at radius 3 is 2.96 bits per heavy atom. The van der Waals surface area contributed by atoms with Gasteiger partial charge in [-0.25, -0.2) is 14.4 Å². The summed E-state index contributed by atoms with van der Waals surface area (Å²) in [5, 5.41) is 20.3. The molecule has 0 radical (unpaired) electrons. The monoisotopic (exact) mass is 348 g/mol. The van der Waals surface area contributed by atoms with Crippen molar-refractivity contribution in [1.82, 2.24) is 25.1 Å². The van der Waals surface area contributed by atoms with E-state index in [1.807, 2.05) is 13.1 Å². The summed E-state index contributed by atoms with van der Waals surface area (Å²) >= 11 is 0. The maximum absolute atomic E-state index is 14.0. The van der Waals surface area contributed by atoms with Crippen LogP contribution in [-0.4, -0.2) is 55.8 Å². The third-order valence-electron chi connectivity index (χ3n) is 4.15. The standard InChI is InChI=1S/C17H25FN6O/c1-11-6-20-16(22-14-4-5-19-8-13(14)18)23-15(11)12-7-21-24(9-12)10-17(2,3)25/h6-7,9,13-14,19,25H,4-5,8,10H2,1-3H3,(H,20,22,23)/t13-,14+/m1/s1. The van der Waals surface area contributed by atoms with Crippen LogP contribution in [0.3, 0.4) is 0 Å². The van der Waals surface area contributed by atoms with Crippen LogP contribution in [0.5, 0.6) is 0 Å². The molecule has 0 unspecified atom stereocenters. The average Bonchev–Trinajstić information content (AvgIpc) is 2.97. The van der Waals surface area contributed by atoms with E-state index >= 15 is 0 Å². The Morgan fingerprint density at radius 1 is 1.44 bits per heavy atom. The fraction of sp³-hybridized carbons (Fsp3) is 0.588. The van der Waals surface area contributed by atoms with Gasteiger partial charge in [-0.1, -0.05) is 0 Å². The van der Waals surface area contributed by atoms with Crippen molar-refractivity contribution in [3.05, 3.63) is 24.2 Å². The lowest BCUT2D eigenvalue weighted by atomic mass is 10.1. The second-order valence-corrected chi connectivity index (χ2v) is 7.22. The number of halogens is 1. The first-order chi connectivity index (χ1) is 11.8. The van der Waals surface area contributed by atoms with Gasteiger partial charge in [-0.15, -0.1) is 0 Å². The summed E-state index contributed by atoms with van der Waals surface area (Å²) < 4.78 is 15.7. The number of rotatable bonds is 5. The SMILES string of the molecule is Cc1cnc(N[C@H]2CCNC[C@H]2F)nc1-c1cnn(CC(C)(C)O)c1. The molecule has 8 heteroatoms. The molecule has 1 aliphatic heterocycles. The van der Waals surface area contributed by atoms with Crippen molar-refractivity contribution in [3.63, 3.8) is 0 Å². The number of alkyl halides is 1. The van der Waals surface area contributed by atoms with Gasteiger partial charge in [-0.05, 0) is 39.3 Å². The molecule has 0 spiro atoms. The summed E-state index contributed by atoms with van der Waals surface area (Å²) in [7, 11) is 0. The van der Waals surface area contributed by atoms with Crippen LogP contribution in [0.2, 0.25) is 0 Å². The number of aryl methyl sites for hydroxylation is 1. The molecule has 3 N–H and O–H groups in total. The van der Waals surface area contributed by atoms with Gasteiger partial charge in [-0.2, -0.15) is 5.10 Å². The van der Waals surface area contributed by atoms with E-state index in [1.54, 1.807) is 30.9 Å². The predicted octanol–water partition coefficient (Wildman–Crippen LogP) is 1.53. The van der Waals surface area contributed by atoms with Crippen molar-refractivity contribution >= 4 is 5.95 Å². The number of piperidine rings is 1. The van der Waals surface area contributed by atoms with Crippen molar-refractivity contribution in [2.24, 2.45) is 0 Å². The number of nitrogens with one attached hydrogen (secondary N) is 2. The zero-order valence-corrected chi connectivity index (χ0v) is 14.8. The first-order valence-corrected chi connectivity index (χ1v) is 8.52. The van der Waals surface area contributed by atoms with E-state index in [4.69, 9.17) is 0 Å². The number of aliphatic hydroxyl groups is 1.